The maximum atomic E-state index is 13.1. The van der Waals surface area contributed by atoms with Crippen LogP contribution in [0.1, 0.15) is 17.3 Å². The molecule has 0 aliphatic carbocycles. The Morgan fingerprint density at radius 2 is 1.95 bits per heavy atom. The second kappa shape index (κ2) is 5.92. The molecular formula is C17H14BrFN2. The maximum absolute atomic E-state index is 13.1. The molecule has 2 nitrogen and oxygen atoms in total. The van der Waals surface area contributed by atoms with Crippen LogP contribution in [0.3, 0.4) is 0 Å². The number of aromatic nitrogens is 1. The van der Waals surface area contributed by atoms with Crippen molar-refractivity contribution in [2.24, 2.45) is 5.73 Å². The lowest BCUT2D eigenvalue weighted by atomic mass is 9.99. The van der Waals surface area contributed by atoms with Crippen LogP contribution < -0.4 is 5.73 Å². The highest BCUT2D eigenvalue weighted by Crippen LogP contribution is 2.26. The number of hydrogen-bond donors (Lipinski definition) is 1. The van der Waals surface area contributed by atoms with Crippen molar-refractivity contribution in [3.63, 3.8) is 0 Å². The standard InChI is InChI=1S/C17H14BrFN2/c18-15-10-13(19)6-5-12(15)9-16(20)17-14-4-2-1-3-11(14)7-8-21-17/h1-8,10,16H,9,20H2. The van der Waals surface area contributed by atoms with E-state index in [4.69, 9.17) is 5.73 Å². The van der Waals surface area contributed by atoms with Gasteiger partial charge in [0.25, 0.3) is 0 Å². The van der Waals surface area contributed by atoms with Gasteiger partial charge in [0, 0.05) is 16.1 Å². The Bertz CT molecular complexity index is 783. The molecule has 3 aromatic rings. The summed E-state index contributed by atoms with van der Waals surface area (Å²) < 4.78 is 13.9. The van der Waals surface area contributed by atoms with Crippen LogP contribution in [-0.4, -0.2) is 4.98 Å². The Morgan fingerprint density at radius 1 is 1.14 bits per heavy atom. The molecule has 106 valence electrons. The van der Waals surface area contributed by atoms with E-state index < -0.39 is 0 Å². The first-order valence-electron chi connectivity index (χ1n) is 6.68. The average Bonchev–Trinajstić information content (AvgIpc) is 2.49. The summed E-state index contributed by atoms with van der Waals surface area (Å²) in [6.45, 7) is 0. The van der Waals surface area contributed by atoms with Gasteiger partial charge in [-0.25, -0.2) is 4.39 Å². The number of pyridine rings is 1. The third-order valence-corrected chi connectivity index (χ3v) is 4.25. The molecule has 0 fully saturated rings. The average molecular weight is 345 g/mol. The van der Waals surface area contributed by atoms with E-state index in [2.05, 4.69) is 20.9 Å². The zero-order valence-corrected chi connectivity index (χ0v) is 12.8. The minimum absolute atomic E-state index is 0.238. The fourth-order valence-electron chi connectivity index (χ4n) is 2.46. The molecule has 1 heterocycles. The third kappa shape index (κ3) is 2.96. The van der Waals surface area contributed by atoms with Gasteiger partial charge in [-0.1, -0.05) is 46.3 Å². The Kier molecular flexibility index (Phi) is 3.99. The highest BCUT2D eigenvalue weighted by molar-refractivity contribution is 9.10. The van der Waals surface area contributed by atoms with Crippen LogP contribution in [0.5, 0.6) is 0 Å². The molecular weight excluding hydrogens is 331 g/mol. The van der Waals surface area contributed by atoms with Crippen molar-refractivity contribution in [1.29, 1.82) is 0 Å². The van der Waals surface area contributed by atoms with E-state index in [-0.39, 0.29) is 11.9 Å². The van der Waals surface area contributed by atoms with Crippen LogP contribution in [0.2, 0.25) is 0 Å². The van der Waals surface area contributed by atoms with Gasteiger partial charge in [0.15, 0.2) is 0 Å². The minimum Gasteiger partial charge on any atom is -0.322 e. The van der Waals surface area contributed by atoms with E-state index in [9.17, 15) is 4.39 Å². The smallest absolute Gasteiger partial charge is 0.124 e. The van der Waals surface area contributed by atoms with E-state index in [1.165, 1.54) is 12.1 Å². The first-order valence-corrected chi connectivity index (χ1v) is 7.47. The van der Waals surface area contributed by atoms with Gasteiger partial charge in [0.05, 0.1) is 11.7 Å². The molecule has 4 heteroatoms. The zero-order chi connectivity index (χ0) is 14.8. The molecule has 0 bridgehead atoms. The molecule has 0 aliphatic heterocycles. The fraction of sp³-hybridized carbons (Fsp3) is 0.118. The van der Waals surface area contributed by atoms with E-state index in [0.717, 1.165) is 26.5 Å². The summed E-state index contributed by atoms with van der Waals surface area (Å²) in [5.74, 6) is -0.262. The lowest BCUT2D eigenvalue weighted by Gasteiger charge is -2.14. The molecule has 1 unspecified atom stereocenters. The number of hydrogen-bond acceptors (Lipinski definition) is 2. The Labute approximate surface area is 130 Å². The normalized spacial score (nSPS) is 12.5. The van der Waals surface area contributed by atoms with Gasteiger partial charge < -0.3 is 5.73 Å². The lowest BCUT2D eigenvalue weighted by Crippen LogP contribution is -2.15. The van der Waals surface area contributed by atoms with E-state index >= 15 is 0 Å². The first kappa shape index (κ1) is 14.2. The molecule has 2 N–H and O–H groups in total. The molecule has 0 spiro atoms. The summed E-state index contributed by atoms with van der Waals surface area (Å²) in [6, 6.07) is 14.4. The van der Waals surface area contributed by atoms with Crippen LogP contribution in [0, 0.1) is 5.82 Å². The fourth-order valence-corrected chi connectivity index (χ4v) is 2.97. The Balaban J connectivity index is 1.95. The Hall–Kier alpha value is -1.78. The van der Waals surface area contributed by atoms with Crippen molar-refractivity contribution in [2.45, 2.75) is 12.5 Å². The predicted molar refractivity (Wildman–Crippen MR) is 86.5 cm³/mol. The lowest BCUT2D eigenvalue weighted by molar-refractivity contribution is 0.624. The highest BCUT2D eigenvalue weighted by atomic mass is 79.9. The van der Waals surface area contributed by atoms with Crippen molar-refractivity contribution in [3.8, 4) is 0 Å². The second-order valence-corrected chi connectivity index (χ2v) is 5.82. The summed E-state index contributed by atoms with van der Waals surface area (Å²) in [4.78, 5) is 4.44. The van der Waals surface area contributed by atoms with Crippen LogP contribution in [-0.2, 0) is 6.42 Å². The van der Waals surface area contributed by atoms with Gasteiger partial charge in [-0.2, -0.15) is 0 Å². The van der Waals surface area contributed by atoms with Crippen molar-refractivity contribution >= 4 is 26.7 Å². The molecule has 2 aromatic carbocycles. The van der Waals surface area contributed by atoms with Gasteiger partial charge in [0.1, 0.15) is 5.82 Å². The minimum atomic E-state index is -0.262. The first-order chi connectivity index (χ1) is 10.1. The molecule has 3 rings (SSSR count). The maximum Gasteiger partial charge on any atom is 0.124 e. The van der Waals surface area contributed by atoms with Crippen LogP contribution in [0.4, 0.5) is 4.39 Å². The monoisotopic (exact) mass is 344 g/mol. The van der Waals surface area contributed by atoms with Crippen LogP contribution >= 0.6 is 15.9 Å². The van der Waals surface area contributed by atoms with Crippen LogP contribution in [0.15, 0.2) is 59.2 Å². The summed E-state index contributed by atoms with van der Waals surface area (Å²) in [5, 5.41) is 2.18. The largest absolute Gasteiger partial charge is 0.322 e. The Morgan fingerprint density at radius 3 is 2.76 bits per heavy atom. The van der Waals surface area contributed by atoms with E-state index in [1.54, 1.807) is 12.3 Å². The molecule has 0 saturated heterocycles. The quantitative estimate of drug-likeness (QED) is 0.765. The van der Waals surface area contributed by atoms with Gasteiger partial charge in [-0.3, -0.25) is 4.98 Å². The predicted octanol–water partition coefficient (Wildman–Crippen LogP) is 4.38. The number of benzene rings is 2. The van der Waals surface area contributed by atoms with Gasteiger partial charge in [-0.05, 0) is 35.6 Å². The van der Waals surface area contributed by atoms with E-state index in [0.29, 0.717) is 6.42 Å². The SMILES string of the molecule is NC(Cc1ccc(F)cc1Br)c1nccc2ccccc12. The summed E-state index contributed by atoms with van der Waals surface area (Å²) >= 11 is 3.38. The van der Waals surface area contributed by atoms with Gasteiger partial charge in [0.2, 0.25) is 0 Å². The number of halogens is 2. The van der Waals surface area contributed by atoms with Crippen molar-refractivity contribution < 1.29 is 4.39 Å². The van der Waals surface area contributed by atoms with Crippen molar-refractivity contribution in [2.75, 3.05) is 0 Å². The summed E-state index contributed by atoms with van der Waals surface area (Å²) in [6.07, 6.45) is 2.37. The second-order valence-electron chi connectivity index (χ2n) is 4.96. The number of fused-ring (bicyclic) bond motifs is 1. The van der Waals surface area contributed by atoms with Crippen molar-refractivity contribution in [1.82, 2.24) is 4.98 Å². The number of rotatable bonds is 3. The zero-order valence-electron chi connectivity index (χ0n) is 11.3. The molecule has 0 aliphatic rings. The molecule has 1 atom stereocenters. The highest BCUT2D eigenvalue weighted by Gasteiger charge is 2.14. The molecule has 1 aromatic heterocycles. The molecule has 0 amide bonds. The van der Waals surface area contributed by atoms with E-state index in [1.807, 2.05) is 30.3 Å². The van der Waals surface area contributed by atoms with Crippen LogP contribution in [0.25, 0.3) is 10.8 Å². The summed E-state index contributed by atoms with van der Waals surface area (Å²) in [5.41, 5.74) is 8.16. The topological polar surface area (TPSA) is 38.9 Å². The molecule has 0 radical (unpaired) electrons. The van der Waals surface area contributed by atoms with Crippen molar-refractivity contribution in [3.05, 3.63) is 76.3 Å². The molecule has 0 saturated carbocycles. The van der Waals surface area contributed by atoms with Gasteiger partial charge in [-0.15, -0.1) is 0 Å². The summed E-state index contributed by atoms with van der Waals surface area (Å²) in [7, 11) is 0. The number of nitrogens with two attached hydrogens (primary N) is 1. The molecule has 21 heavy (non-hydrogen) atoms. The third-order valence-electron chi connectivity index (χ3n) is 3.51. The number of nitrogens with zero attached hydrogens (tertiary/aromatic N) is 1. The van der Waals surface area contributed by atoms with Gasteiger partial charge >= 0.3 is 0 Å².